The van der Waals surface area contributed by atoms with E-state index in [-0.39, 0.29) is 6.10 Å². The van der Waals surface area contributed by atoms with E-state index in [9.17, 15) is 0 Å². The van der Waals surface area contributed by atoms with E-state index in [4.69, 9.17) is 10.5 Å². The van der Waals surface area contributed by atoms with Crippen LogP contribution in [0.3, 0.4) is 0 Å². The fourth-order valence-corrected chi connectivity index (χ4v) is 1.65. The highest BCUT2D eigenvalue weighted by atomic mass is 16.5. The summed E-state index contributed by atoms with van der Waals surface area (Å²) in [4.78, 5) is 4.35. The Morgan fingerprint density at radius 2 is 1.78 bits per heavy atom. The van der Waals surface area contributed by atoms with Gasteiger partial charge in [-0.2, -0.15) is 0 Å². The third kappa shape index (κ3) is 4.84. The average Bonchev–Trinajstić information content (AvgIpc) is 2.23. The summed E-state index contributed by atoms with van der Waals surface area (Å²) < 4.78 is 5.69. The van der Waals surface area contributed by atoms with E-state index in [2.05, 4.69) is 30.9 Å². The van der Waals surface area contributed by atoms with Gasteiger partial charge in [0.05, 0.1) is 6.10 Å². The Balaban J connectivity index is 2.78. The minimum absolute atomic E-state index is 0.159. The maximum Gasteiger partial charge on any atom is 0.123 e. The van der Waals surface area contributed by atoms with Crippen molar-refractivity contribution in [3.63, 3.8) is 0 Å². The summed E-state index contributed by atoms with van der Waals surface area (Å²) in [6.07, 6.45) is 0.159. The van der Waals surface area contributed by atoms with Crippen molar-refractivity contribution in [1.82, 2.24) is 4.90 Å². The molecule has 0 unspecified atom stereocenters. The van der Waals surface area contributed by atoms with Crippen molar-refractivity contribution in [2.24, 2.45) is 0 Å². The van der Waals surface area contributed by atoms with Gasteiger partial charge in [-0.05, 0) is 34.0 Å². The maximum atomic E-state index is 5.91. The molecule has 0 amide bonds. The Labute approximate surface area is 110 Å². The van der Waals surface area contributed by atoms with E-state index < -0.39 is 0 Å². The van der Waals surface area contributed by atoms with Crippen LogP contribution < -0.4 is 15.4 Å². The third-order valence-corrected chi connectivity index (χ3v) is 2.61. The molecule has 2 N–H and O–H groups in total. The number of hydrogen-bond donors (Lipinski definition) is 1. The van der Waals surface area contributed by atoms with Gasteiger partial charge in [-0.1, -0.05) is 0 Å². The Morgan fingerprint density at radius 1 is 1.11 bits per heavy atom. The lowest BCUT2D eigenvalue weighted by atomic mass is 10.2. The number of ether oxygens (including phenoxy) is 1. The summed E-state index contributed by atoms with van der Waals surface area (Å²) in [7, 11) is 6.21. The number of nitrogens with zero attached hydrogens (tertiary/aromatic N) is 2. The molecule has 102 valence electrons. The van der Waals surface area contributed by atoms with Gasteiger partial charge in [0.25, 0.3) is 0 Å². The molecule has 0 saturated heterocycles. The molecule has 1 aromatic rings. The van der Waals surface area contributed by atoms with Gasteiger partial charge < -0.3 is 20.3 Å². The van der Waals surface area contributed by atoms with E-state index in [1.165, 1.54) is 0 Å². The Hall–Kier alpha value is -1.42. The van der Waals surface area contributed by atoms with Crippen molar-refractivity contribution in [1.29, 1.82) is 0 Å². The Morgan fingerprint density at radius 3 is 2.33 bits per heavy atom. The highest BCUT2D eigenvalue weighted by Gasteiger charge is 2.06. The molecule has 0 bridgehead atoms. The van der Waals surface area contributed by atoms with E-state index in [0.29, 0.717) is 0 Å². The molecule has 0 spiro atoms. The monoisotopic (exact) mass is 251 g/mol. The first-order valence-electron chi connectivity index (χ1n) is 6.31. The lowest BCUT2D eigenvalue weighted by molar-refractivity contribution is 0.242. The molecule has 0 fully saturated rings. The minimum Gasteiger partial charge on any atom is -0.491 e. The summed E-state index contributed by atoms with van der Waals surface area (Å²) in [6, 6.07) is 5.87. The number of nitrogens with two attached hydrogens (primary N) is 1. The lowest BCUT2D eigenvalue weighted by Crippen LogP contribution is -2.28. The number of likely N-dealkylation sites (N-methyl/N-ethyl adjacent to an activating group) is 2. The predicted molar refractivity (Wildman–Crippen MR) is 78.4 cm³/mol. The number of rotatable bonds is 6. The van der Waals surface area contributed by atoms with Gasteiger partial charge in [-0.15, -0.1) is 0 Å². The maximum absolute atomic E-state index is 5.91. The molecule has 0 radical (unpaired) electrons. The summed E-state index contributed by atoms with van der Waals surface area (Å²) in [5, 5.41) is 0. The van der Waals surface area contributed by atoms with Crippen LogP contribution in [0.4, 0.5) is 11.4 Å². The van der Waals surface area contributed by atoms with Crippen LogP contribution in [0, 0.1) is 0 Å². The van der Waals surface area contributed by atoms with Crippen LogP contribution in [0.5, 0.6) is 5.75 Å². The summed E-state index contributed by atoms with van der Waals surface area (Å²) in [5.74, 6) is 0.830. The molecule has 0 aromatic heterocycles. The predicted octanol–water partition coefficient (Wildman–Crippen LogP) is 2.05. The van der Waals surface area contributed by atoms with Gasteiger partial charge in [-0.3, -0.25) is 0 Å². The van der Waals surface area contributed by atoms with Crippen molar-refractivity contribution in [3.8, 4) is 5.75 Å². The lowest BCUT2D eigenvalue weighted by Gasteiger charge is -2.23. The molecule has 0 aliphatic heterocycles. The SMILES string of the molecule is CC(C)Oc1cc(N)cc(N(C)CCN(C)C)c1. The van der Waals surface area contributed by atoms with E-state index in [1.807, 2.05) is 32.0 Å². The second-order valence-corrected chi connectivity index (χ2v) is 5.15. The molecule has 1 aromatic carbocycles. The fourth-order valence-electron chi connectivity index (χ4n) is 1.65. The second kappa shape index (κ2) is 6.50. The molecular formula is C14H25N3O. The van der Waals surface area contributed by atoms with Crippen LogP contribution in [0.15, 0.2) is 18.2 Å². The average molecular weight is 251 g/mol. The normalized spacial score (nSPS) is 11.1. The van der Waals surface area contributed by atoms with E-state index >= 15 is 0 Å². The first-order valence-corrected chi connectivity index (χ1v) is 6.31. The zero-order chi connectivity index (χ0) is 13.7. The van der Waals surface area contributed by atoms with Gasteiger partial charge in [-0.25, -0.2) is 0 Å². The standard InChI is InChI=1S/C14H25N3O/c1-11(2)18-14-9-12(15)8-13(10-14)17(5)7-6-16(3)4/h8-11H,6-7,15H2,1-5H3. The largest absolute Gasteiger partial charge is 0.491 e. The zero-order valence-electron chi connectivity index (χ0n) is 12.1. The van der Waals surface area contributed by atoms with Crippen molar-refractivity contribution >= 4 is 11.4 Å². The molecule has 0 aliphatic rings. The fraction of sp³-hybridized carbons (Fsp3) is 0.571. The highest BCUT2D eigenvalue weighted by molar-refractivity contribution is 5.60. The van der Waals surface area contributed by atoms with E-state index in [1.54, 1.807) is 0 Å². The van der Waals surface area contributed by atoms with Crippen LogP contribution in [0.25, 0.3) is 0 Å². The second-order valence-electron chi connectivity index (χ2n) is 5.15. The molecule has 0 heterocycles. The van der Waals surface area contributed by atoms with Crippen molar-refractivity contribution in [2.45, 2.75) is 20.0 Å². The first kappa shape index (κ1) is 14.6. The number of nitrogen functional groups attached to an aromatic ring is 1. The molecule has 18 heavy (non-hydrogen) atoms. The summed E-state index contributed by atoms with van der Waals surface area (Å²) in [6.45, 7) is 5.99. The molecule has 1 rings (SSSR count). The number of anilines is 2. The van der Waals surface area contributed by atoms with Crippen LogP contribution >= 0.6 is 0 Å². The molecular weight excluding hydrogens is 226 g/mol. The first-order chi connectivity index (χ1) is 8.38. The van der Waals surface area contributed by atoms with Gasteiger partial charge >= 0.3 is 0 Å². The topological polar surface area (TPSA) is 41.7 Å². The number of hydrogen-bond acceptors (Lipinski definition) is 4. The molecule has 0 saturated carbocycles. The van der Waals surface area contributed by atoms with Gasteiger partial charge in [0.2, 0.25) is 0 Å². The van der Waals surface area contributed by atoms with Crippen molar-refractivity contribution in [3.05, 3.63) is 18.2 Å². The highest BCUT2D eigenvalue weighted by Crippen LogP contribution is 2.25. The van der Waals surface area contributed by atoms with E-state index in [0.717, 1.165) is 30.2 Å². The minimum atomic E-state index is 0.159. The van der Waals surface area contributed by atoms with Gasteiger partial charge in [0.1, 0.15) is 5.75 Å². The van der Waals surface area contributed by atoms with Gasteiger partial charge in [0, 0.05) is 43.6 Å². The van der Waals surface area contributed by atoms with Crippen molar-refractivity contribution in [2.75, 3.05) is 44.9 Å². The summed E-state index contributed by atoms with van der Waals surface area (Å²) >= 11 is 0. The summed E-state index contributed by atoms with van der Waals surface area (Å²) in [5.41, 5.74) is 7.74. The number of benzene rings is 1. The van der Waals surface area contributed by atoms with Crippen LogP contribution in [0.1, 0.15) is 13.8 Å². The Bertz CT molecular complexity index is 377. The molecule has 0 atom stereocenters. The quantitative estimate of drug-likeness (QED) is 0.786. The molecule has 4 nitrogen and oxygen atoms in total. The van der Waals surface area contributed by atoms with Crippen LogP contribution in [0.2, 0.25) is 0 Å². The Kier molecular flexibility index (Phi) is 5.28. The third-order valence-electron chi connectivity index (χ3n) is 2.61. The van der Waals surface area contributed by atoms with Crippen LogP contribution in [-0.2, 0) is 0 Å². The van der Waals surface area contributed by atoms with Crippen LogP contribution in [-0.4, -0.2) is 45.2 Å². The van der Waals surface area contributed by atoms with Gasteiger partial charge in [0.15, 0.2) is 0 Å². The molecule has 4 heteroatoms. The van der Waals surface area contributed by atoms with Crippen molar-refractivity contribution < 1.29 is 4.74 Å². The smallest absolute Gasteiger partial charge is 0.123 e. The molecule has 0 aliphatic carbocycles. The zero-order valence-corrected chi connectivity index (χ0v) is 12.1.